The fourth-order valence-electron chi connectivity index (χ4n) is 2.67. The van der Waals surface area contributed by atoms with Gasteiger partial charge < -0.3 is 5.73 Å². The van der Waals surface area contributed by atoms with Gasteiger partial charge in [-0.05, 0) is 47.4 Å². The quantitative estimate of drug-likeness (QED) is 0.882. The van der Waals surface area contributed by atoms with E-state index < -0.39 is 0 Å². The molecule has 5 nitrogen and oxygen atoms in total. The zero-order valence-electron chi connectivity index (χ0n) is 10.6. The van der Waals surface area contributed by atoms with Gasteiger partial charge in [0, 0.05) is 22.3 Å². The Morgan fingerprint density at radius 2 is 2.11 bits per heavy atom. The first-order valence-corrected chi connectivity index (χ1v) is 7.35. The normalized spacial score (nSPS) is 16.1. The molecule has 1 heterocycles. The van der Waals surface area contributed by atoms with E-state index in [0.29, 0.717) is 11.6 Å². The van der Waals surface area contributed by atoms with E-state index in [2.05, 4.69) is 31.5 Å². The van der Waals surface area contributed by atoms with Crippen molar-refractivity contribution in [3.05, 3.63) is 22.7 Å². The van der Waals surface area contributed by atoms with Crippen molar-refractivity contribution >= 4 is 21.6 Å². The number of nitrogens with zero attached hydrogens (tertiary/aromatic N) is 4. The minimum Gasteiger partial charge on any atom is -0.399 e. The maximum Gasteiger partial charge on any atom is 0.183 e. The summed E-state index contributed by atoms with van der Waals surface area (Å²) in [6, 6.07) is 5.69. The lowest BCUT2D eigenvalue weighted by Gasteiger charge is -2.11. The lowest BCUT2D eigenvalue weighted by atomic mass is 10.1. The predicted molar refractivity (Wildman–Crippen MR) is 77.3 cm³/mol. The van der Waals surface area contributed by atoms with Crippen LogP contribution < -0.4 is 5.73 Å². The average molecular weight is 322 g/mol. The first-order valence-electron chi connectivity index (χ1n) is 6.55. The molecule has 0 unspecified atom stereocenters. The van der Waals surface area contributed by atoms with Gasteiger partial charge in [0.25, 0.3) is 0 Å². The van der Waals surface area contributed by atoms with Crippen LogP contribution in [0, 0.1) is 5.92 Å². The molecule has 0 bridgehead atoms. The molecule has 0 saturated heterocycles. The van der Waals surface area contributed by atoms with Crippen molar-refractivity contribution in [2.45, 2.75) is 32.2 Å². The topological polar surface area (TPSA) is 69.6 Å². The molecule has 2 N–H and O–H groups in total. The number of hydrogen-bond acceptors (Lipinski definition) is 4. The number of halogens is 1. The highest BCUT2D eigenvalue weighted by Crippen LogP contribution is 2.30. The Labute approximate surface area is 120 Å². The van der Waals surface area contributed by atoms with E-state index >= 15 is 0 Å². The Bertz CT molecular complexity index is 574. The molecule has 3 rings (SSSR count). The first-order chi connectivity index (χ1) is 9.24. The van der Waals surface area contributed by atoms with E-state index in [-0.39, 0.29) is 0 Å². The molecule has 0 radical (unpaired) electrons. The van der Waals surface area contributed by atoms with Crippen molar-refractivity contribution in [2.75, 3.05) is 5.73 Å². The Hall–Kier alpha value is -1.43. The molecule has 1 aliphatic carbocycles. The highest BCUT2D eigenvalue weighted by Gasteiger charge is 2.19. The number of anilines is 1. The molecule has 19 heavy (non-hydrogen) atoms. The van der Waals surface area contributed by atoms with Crippen molar-refractivity contribution in [3.8, 4) is 11.4 Å². The van der Waals surface area contributed by atoms with Gasteiger partial charge in [0.05, 0.1) is 0 Å². The van der Waals surface area contributed by atoms with Crippen LogP contribution in [0.15, 0.2) is 22.7 Å². The Morgan fingerprint density at radius 1 is 1.32 bits per heavy atom. The second-order valence-corrected chi connectivity index (χ2v) is 5.93. The number of nitrogens with two attached hydrogens (primary N) is 1. The lowest BCUT2D eigenvalue weighted by molar-refractivity contribution is 0.424. The van der Waals surface area contributed by atoms with Crippen LogP contribution in [0.2, 0.25) is 0 Å². The van der Waals surface area contributed by atoms with Crippen LogP contribution in [0.25, 0.3) is 11.4 Å². The molecule has 0 atom stereocenters. The third-order valence-electron chi connectivity index (χ3n) is 3.67. The van der Waals surface area contributed by atoms with Crippen LogP contribution in [-0.4, -0.2) is 20.2 Å². The van der Waals surface area contributed by atoms with E-state index in [1.54, 1.807) is 0 Å². The monoisotopic (exact) mass is 321 g/mol. The highest BCUT2D eigenvalue weighted by molar-refractivity contribution is 9.10. The zero-order valence-corrected chi connectivity index (χ0v) is 12.2. The Balaban J connectivity index is 1.92. The molecule has 1 aromatic heterocycles. The molecule has 0 spiro atoms. The van der Waals surface area contributed by atoms with E-state index in [1.165, 1.54) is 25.7 Å². The van der Waals surface area contributed by atoms with Crippen molar-refractivity contribution in [3.63, 3.8) is 0 Å². The van der Waals surface area contributed by atoms with Gasteiger partial charge in [-0.3, -0.25) is 0 Å². The Kier molecular flexibility index (Phi) is 3.50. The van der Waals surface area contributed by atoms with Crippen LogP contribution in [0.5, 0.6) is 0 Å². The van der Waals surface area contributed by atoms with Gasteiger partial charge in [-0.15, -0.1) is 5.10 Å². The second-order valence-electron chi connectivity index (χ2n) is 5.07. The van der Waals surface area contributed by atoms with Crippen molar-refractivity contribution in [2.24, 2.45) is 5.92 Å². The summed E-state index contributed by atoms with van der Waals surface area (Å²) >= 11 is 3.53. The molecular weight excluding hydrogens is 306 g/mol. The molecule has 100 valence electrons. The lowest BCUT2D eigenvalue weighted by Crippen LogP contribution is -2.10. The van der Waals surface area contributed by atoms with Gasteiger partial charge >= 0.3 is 0 Å². The smallest absolute Gasteiger partial charge is 0.183 e. The number of rotatable bonds is 3. The van der Waals surface area contributed by atoms with Crippen LogP contribution in [0.1, 0.15) is 25.7 Å². The van der Waals surface area contributed by atoms with Gasteiger partial charge in [-0.2, -0.15) is 0 Å². The number of aromatic nitrogens is 4. The van der Waals surface area contributed by atoms with Crippen molar-refractivity contribution in [1.29, 1.82) is 0 Å². The maximum absolute atomic E-state index is 5.85. The largest absolute Gasteiger partial charge is 0.399 e. The third-order valence-corrected chi connectivity index (χ3v) is 4.36. The summed E-state index contributed by atoms with van der Waals surface area (Å²) in [5, 5.41) is 12.1. The second kappa shape index (κ2) is 5.28. The predicted octanol–water partition coefficient (Wildman–Crippen LogP) is 2.88. The summed E-state index contributed by atoms with van der Waals surface area (Å²) in [5.74, 6) is 1.48. The molecule has 0 aliphatic heterocycles. The summed E-state index contributed by atoms with van der Waals surface area (Å²) in [5.41, 5.74) is 7.51. The van der Waals surface area contributed by atoms with Crippen molar-refractivity contribution < 1.29 is 0 Å². The van der Waals surface area contributed by atoms with E-state index in [1.807, 2.05) is 22.9 Å². The number of nitrogen functional groups attached to an aromatic ring is 1. The number of benzene rings is 1. The van der Waals surface area contributed by atoms with Gasteiger partial charge in [0.1, 0.15) is 0 Å². The van der Waals surface area contributed by atoms with E-state index in [9.17, 15) is 0 Å². The maximum atomic E-state index is 5.85. The van der Waals surface area contributed by atoms with Crippen molar-refractivity contribution in [1.82, 2.24) is 20.2 Å². The summed E-state index contributed by atoms with van der Waals surface area (Å²) in [7, 11) is 0. The molecule has 1 aromatic carbocycles. The molecule has 6 heteroatoms. The molecular formula is C13H16BrN5. The molecule has 1 saturated carbocycles. The fourth-order valence-corrected chi connectivity index (χ4v) is 3.10. The SMILES string of the molecule is Nc1ccc(Br)c(-c2nnnn2CC2CCCC2)c1. The van der Waals surface area contributed by atoms with Gasteiger partial charge in [-0.25, -0.2) is 4.68 Å². The zero-order chi connectivity index (χ0) is 13.2. The van der Waals surface area contributed by atoms with E-state index in [0.717, 1.165) is 22.4 Å². The standard InChI is InChI=1S/C13H16BrN5/c14-12-6-5-10(15)7-11(12)13-16-17-18-19(13)8-9-3-1-2-4-9/h5-7,9H,1-4,8,15H2. The highest BCUT2D eigenvalue weighted by atomic mass is 79.9. The minimum absolute atomic E-state index is 0.696. The first kappa shape index (κ1) is 12.6. The van der Waals surface area contributed by atoms with Crippen LogP contribution in [-0.2, 0) is 6.54 Å². The van der Waals surface area contributed by atoms with Crippen LogP contribution in [0.3, 0.4) is 0 Å². The fraction of sp³-hybridized carbons (Fsp3) is 0.462. The Morgan fingerprint density at radius 3 is 2.89 bits per heavy atom. The van der Waals surface area contributed by atoms with Gasteiger partial charge in [-0.1, -0.05) is 28.8 Å². The molecule has 0 amide bonds. The molecule has 1 fully saturated rings. The number of tetrazole rings is 1. The van der Waals surface area contributed by atoms with Crippen LogP contribution in [0.4, 0.5) is 5.69 Å². The summed E-state index contributed by atoms with van der Waals surface area (Å²) < 4.78 is 2.86. The number of hydrogen-bond donors (Lipinski definition) is 1. The van der Waals surface area contributed by atoms with Crippen LogP contribution >= 0.6 is 15.9 Å². The minimum atomic E-state index is 0.696. The molecule has 2 aromatic rings. The average Bonchev–Trinajstić information content (AvgIpc) is 3.04. The summed E-state index contributed by atoms with van der Waals surface area (Å²) in [6.07, 6.45) is 5.20. The summed E-state index contributed by atoms with van der Waals surface area (Å²) in [4.78, 5) is 0. The molecule has 1 aliphatic rings. The third kappa shape index (κ3) is 2.63. The van der Waals surface area contributed by atoms with Gasteiger partial charge in [0.15, 0.2) is 5.82 Å². The summed E-state index contributed by atoms with van der Waals surface area (Å²) in [6.45, 7) is 0.892. The van der Waals surface area contributed by atoms with E-state index in [4.69, 9.17) is 5.73 Å². The van der Waals surface area contributed by atoms with Gasteiger partial charge in [0.2, 0.25) is 0 Å².